The molecule has 5 heteroatoms. The number of fused-ring (bicyclic) bond motifs is 1. The van der Waals surface area contributed by atoms with Gasteiger partial charge in [-0.1, -0.05) is 12.1 Å². The minimum Gasteiger partial charge on any atom is -0.493 e. The highest BCUT2D eigenvalue weighted by Crippen LogP contribution is 2.26. The molecule has 0 radical (unpaired) electrons. The maximum atomic E-state index is 13.0. The first kappa shape index (κ1) is 15.5. The number of ether oxygens (including phenoxy) is 1. The van der Waals surface area contributed by atoms with Crippen LogP contribution in [0.3, 0.4) is 0 Å². The van der Waals surface area contributed by atoms with E-state index in [0.29, 0.717) is 17.7 Å². The van der Waals surface area contributed by atoms with Crippen molar-refractivity contribution in [1.82, 2.24) is 5.32 Å². The number of halogens is 1. The largest absolute Gasteiger partial charge is 0.493 e. The standard InChI is InChI=1S/C18H18FNO3/c1-18(22,14-3-5-15(19)6-4-14)11-20-17(21)13-2-7-16-12(10-13)8-9-23-16/h2-7,10,22H,8-9,11H2,1H3,(H,20,21). The molecule has 0 fully saturated rings. The molecule has 2 N–H and O–H groups in total. The molecule has 1 atom stereocenters. The molecule has 0 saturated heterocycles. The van der Waals surface area contributed by atoms with Crippen molar-refractivity contribution < 1.29 is 19.0 Å². The van der Waals surface area contributed by atoms with Gasteiger partial charge < -0.3 is 15.2 Å². The number of benzene rings is 2. The van der Waals surface area contributed by atoms with Gasteiger partial charge in [0.2, 0.25) is 0 Å². The van der Waals surface area contributed by atoms with Crippen LogP contribution in [-0.2, 0) is 12.0 Å². The second-order valence-corrected chi connectivity index (χ2v) is 5.88. The molecule has 3 rings (SSSR count). The van der Waals surface area contributed by atoms with Crippen LogP contribution in [0.25, 0.3) is 0 Å². The lowest BCUT2D eigenvalue weighted by Gasteiger charge is -2.24. The third-order valence-corrected chi connectivity index (χ3v) is 4.01. The van der Waals surface area contributed by atoms with E-state index in [1.165, 1.54) is 24.3 Å². The Morgan fingerprint density at radius 3 is 2.78 bits per heavy atom. The number of amides is 1. The van der Waals surface area contributed by atoms with Crippen LogP contribution in [0.4, 0.5) is 4.39 Å². The summed E-state index contributed by atoms with van der Waals surface area (Å²) in [4.78, 5) is 12.3. The topological polar surface area (TPSA) is 58.6 Å². The van der Waals surface area contributed by atoms with Crippen molar-refractivity contribution in [2.24, 2.45) is 0 Å². The highest BCUT2D eigenvalue weighted by Gasteiger charge is 2.24. The van der Waals surface area contributed by atoms with Crippen molar-refractivity contribution in [1.29, 1.82) is 0 Å². The van der Waals surface area contributed by atoms with Crippen molar-refractivity contribution in [2.75, 3.05) is 13.2 Å². The molecule has 23 heavy (non-hydrogen) atoms. The third kappa shape index (κ3) is 3.35. The van der Waals surface area contributed by atoms with E-state index in [0.717, 1.165) is 17.7 Å². The van der Waals surface area contributed by atoms with Crippen molar-refractivity contribution >= 4 is 5.91 Å². The molecular formula is C18H18FNO3. The Hall–Kier alpha value is -2.40. The number of hydrogen-bond acceptors (Lipinski definition) is 3. The fourth-order valence-electron chi connectivity index (χ4n) is 2.59. The lowest BCUT2D eigenvalue weighted by atomic mass is 9.96. The maximum Gasteiger partial charge on any atom is 0.251 e. The molecule has 1 heterocycles. The molecule has 2 aromatic rings. The molecule has 2 aromatic carbocycles. The lowest BCUT2D eigenvalue weighted by Crippen LogP contribution is -2.38. The predicted octanol–water partition coefficient (Wildman–Crippen LogP) is 2.40. The Labute approximate surface area is 133 Å². The molecule has 1 unspecified atom stereocenters. The summed E-state index contributed by atoms with van der Waals surface area (Å²) in [6, 6.07) is 10.9. The molecule has 0 bridgehead atoms. The number of hydrogen-bond donors (Lipinski definition) is 2. The second-order valence-electron chi connectivity index (χ2n) is 5.88. The van der Waals surface area contributed by atoms with Gasteiger partial charge in [0.25, 0.3) is 5.91 Å². The van der Waals surface area contributed by atoms with Crippen molar-refractivity contribution in [2.45, 2.75) is 18.9 Å². The summed E-state index contributed by atoms with van der Waals surface area (Å²) in [7, 11) is 0. The van der Waals surface area contributed by atoms with Crippen LogP contribution in [0, 0.1) is 5.82 Å². The molecular weight excluding hydrogens is 297 g/mol. The van der Waals surface area contributed by atoms with Crippen LogP contribution >= 0.6 is 0 Å². The van der Waals surface area contributed by atoms with E-state index in [4.69, 9.17) is 4.74 Å². The van der Waals surface area contributed by atoms with Gasteiger partial charge in [0.1, 0.15) is 17.2 Å². The Morgan fingerprint density at radius 1 is 1.30 bits per heavy atom. The Kier molecular flexibility index (Phi) is 4.05. The monoisotopic (exact) mass is 315 g/mol. The minimum absolute atomic E-state index is 0.0328. The van der Waals surface area contributed by atoms with Gasteiger partial charge >= 0.3 is 0 Å². The second kappa shape index (κ2) is 6.01. The van der Waals surface area contributed by atoms with Gasteiger partial charge in [0.05, 0.1) is 13.2 Å². The van der Waals surface area contributed by atoms with Crippen molar-refractivity contribution in [3.8, 4) is 5.75 Å². The Bertz CT molecular complexity index is 726. The van der Waals surface area contributed by atoms with Crippen LogP contribution < -0.4 is 10.1 Å². The highest BCUT2D eigenvalue weighted by molar-refractivity contribution is 5.94. The van der Waals surface area contributed by atoms with Crippen molar-refractivity contribution in [3.05, 3.63) is 65.0 Å². The van der Waals surface area contributed by atoms with Gasteiger partial charge in [-0.2, -0.15) is 0 Å². The summed E-state index contributed by atoms with van der Waals surface area (Å²) in [6.45, 7) is 2.25. The summed E-state index contributed by atoms with van der Waals surface area (Å²) in [5, 5.41) is 13.2. The van der Waals surface area contributed by atoms with Gasteiger partial charge in [-0.15, -0.1) is 0 Å². The fourth-order valence-corrected chi connectivity index (χ4v) is 2.59. The SMILES string of the molecule is CC(O)(CNC(=O)c1ccc2c(c1)CCO2)c1ccc(F)cc1. The molecule has 1 aliphatic heterocycles. The van der Waals surface area contributed by atoms with Crippen LogP contribution in [0.2, 0.25) is 0 Å². The smallest absolute Gasteiger partial charge is 0.251 e. The van der Waals surface area contributed by atoms with Gasteiger partial charge in [0.15, 0.2) is 0 Å². The Balaban J connectivity index is 1.67. The van der Waals surface area contributed by atoms with E-state index < -0.39 is 5.60 Å². The molecule has 120 valence electrons. The number of carbonyl (C=O) groups is 1. The number of carbonyl (C=O) groups excluding carboxylic acids is 1. The predicted molar refractivity (Wildman–Crippen MR) is 83.9 cm³/mol. The molecule has 0 aliphatic carbocycles. The molecule has 0 spiro atoms. The first-order chi connectivity index (χ1) is 11.0. The van der Waals surface area contributed by atoms with E-state index >= 15 is 0 Å². The lowest BCUT2D eigenvalue weighted by molar-refractivity contribution is 0.0526. The summed E-state index contributed by atoms with van der Waals surface area (Å²) < 4.78 is 18.4. The summed E-state index contributed by atoms with van der Waals surface area (Å²) in [5.74, 6) is 0.191. The van der Waals surface area contributed by atoms with Crippen molar-refractivity contribution in [3.63, 3.8) is 0 Å². The number of rotatable bonds is 4. The maximum absolute atomic E-state index is 13.0. The Morgan fingerprint density at radius 2 is 2.04 bits per heavy atom. The molecule has 1 aliphatic rings. The summed E-state index contributed by atoms with van der Waals surface area (Å²) >= 11 is 0. The number of nitrogens with one attached hydrogen (secondary N) is 1. The summed E-state index contributed by atoms with van der Waals surface area (Å²) in [5.41, 5.74) is 0.817. The fraction of sp³-hybridized carbons (Fsp3) is 0.278. The van der Waals surface area contributed by atoms with Crippen LogP contribution in [0.1, 0.15) is 28.4 Å². The minimum atomic E-state index is -1.27. The van der Waals surface area contributed by atoms with E-state index in [1.807, 2.05) is 6.07 Å². The third-order valence-electron chi connectivity index (χ3n) is 4.01. The van der Waals surface area contributed by atoms with Crippen LogP contribution in [0.15, 0.2) is 42.5 Å². The van der Waals surface area contributed by atoms with E-state index in [1.54, 1.807) is 19.1 Å². The quantitative estimate of drug-likeness (QED) is 0.911. The average molecular weight is 315 g/mol. The highest BCUT2D eigenvalue weighted by atomic mass is 19.1. The van der Waals surface area contributed by atoms with E-state index in [2.05, 4.69) is 5.32 Å². The van der Waals surface area contributed by atoms with Gasteiger partial charge in [-0.05, 0) is 48.4 Å². The van der Waals surface area contributed by atoms with Gasteiger partial charge in [-0.3, -0.25) is 4.79 Å². The molecule has 0 saturated carbocycles. The number of aliphatic hydroxyl groups is 1. The van der Waals surface area contributed by atoms with Crippen LogP contribution in [-0.4, -0.2) is 24.2 Å². The zero-order valence-corrected chi connectivity index (χ0v) is 12.8. The first-order valence-corrected chi connectivity index (χ1v) is 7.48. The average Bonchev–Trinajstić information content (AvgIpc) is 3.00. The molecule has 4 nitrogen and oxygen atoms in total. The van der Waals surface area contributed by atoms with E-state index in [9.17, 15) is 14.3 Å². The van der Waals surface area contributed by atoms with Gasteiger partial charge in [0, 0.05) is 12.0 Å². The molecule has 0 aromatic heterocycles. The van der Waals surface area contributed by atoms with Crippen LogP contribution in [0.5, 0.6) is 5.75 Å². The zero-order valence-electron chi connectivity index (χ0n) is 12.8. The van der Waals surface area contributed by atoms with E-state index in [-0.39, 0.29) is 18.3 Å². The zero-order chi connectivity index (χ0) is 16.4. The normalized spacial score (nSPS) is 15.4. The van der Waals surface area contributed by atoms with Gasteiger partial charge in [-0.25, -0.2) is 4.39 Å². The summed E-state index contributed by atoms with van der Waals surface area (Å²) in [6.07, 6.45) is 0.795. The molecule has 1 amide bonds. The first-order valence-electron chi connectivity index (χ1n) is 7.48.